The number of carbonyl (C=O) groups excluding carboxylic acids is 1. The number of nitrogens with zero attached hydrogens (tertiary/aromatic N) is 3. The second-order valence-corrected chi connectivity index (χ2v) is 7.84. The fraction of sp³-hybridized carbons (Fsp3) is 0.192. The number of rotatable bonds is 7. The van der Waals surface area contributed by atoms with E-state index in [9.17, 15) is 4.79 Å². The zero-order valence-electron chi connectivity index (χ0n) is 19.1. The first-order valence-electron chi connectivity index (χ1n) is 10.7. The smallest absolute Gasteiger partial charge is 0.336 e. The maximum atomic E-state index is 12.6. The van der Waals surface area contributed by atoms with Crippen LogP contribution in [0, 0.1) is 6.92 Å². The fourth-order valence-electron chi connectivity index (χ4n) is 3.39. The first-order chi connectivity index (χ1) is 15.9. The number of hydrogen-bond acceptors (Lipinski definition) is 5. The molecule has 0 aliphatic rings. The molecule has 0 unspecified atom stereocenters. The van der Waals surface area contributed by atoms with E-state index in [4.69, 9.17) is 9.47 Å². The second-order valence-electron chi connectivity index (χ2n) is 7.84. The first kappa shape index (κ1) is 22.1. The van der Waals surface area contributed by atoms with Gasteiger partial charge in [-0.05, 0) is 68.8 Å². The van der Waals surface area contributed by atoms with Crippen molar-refractivity contribution in [3.8, 4) is 28.8 Å². The minimum Gasteiger partial charge on any atom is -0.497 e. The van der Waals surface area contributed by atoms with Crippen molar-refractivity contribution in [1.29, 1.82) is 0 Å². The van der Waals surface area contributed by atoms with Crippen LogP contribution in [0.5, 0.6) is 11.8 Å². The molecule has 0 saturated carbocycles. The highest BCUT2D eigenvalue weighted by Crippen LogP contribution is 2.27. The maximum Gasteiger partial charge on any atom is 0.336 e. The van der Waals surface area contributed by atoms with Crippen LogP contribution in [0.25, 0.3) is 17.1 Å². The van der Waals surface area contributed by atoms with Crippen molar-refractivity contribution in [3.05, 3.63) is 83.9 Å². The Hall–Kier alpha value is -4.13. The van der Waals surface area contributed by atoms with Gasteiger partial charge in [-0.2, -0.15) is 4.98 Å². The molecule has 7 nitrogen and oxygen atoms in total. The van der Waals surface area contributed by atoms with Crippen molar-refractivity contribution in [2.45, 2.75) is 26.9 Å². The molecule has 0 atom stereocenters. The van der Waals surface area contributed by atoms with Gasteiger partial charge in [-0.3, -0.25) is 4.79 Å². The number of aromatic nitrogens is 3. The molecule has 0 radical (unpaired) electrons. The Labute approximate surface area is 193 Å². The number of hydrogen-bond donors (Lipinski definition) is 1. The Bertz CT molecular complexity index is 1260. The molecule has 4 aromatic rings. The Kier molecular flexibility index (Phi) is 6.40. The van der Waals surface area contributed by atoms with E-state index in [0.717, 1.165) is 16.8 Å². The second kappa shape index (κ2) is 9.56. The largest absolute Gasteiger partial charge is 0.497 e. The van der Waals surface area contributed by atoms with Crippen molar-refractivity contribution in [2.75, 3.05) is 12.4 Å². The van der Waals surface area contributed by atoms with E-state index in [1.54, 1.807) is 36.1 Å². The summed E-state index contributed by atoms with van der Waals surface area (Å²) in [6.45, 7) is 5.91. The molecule has 0 aliphatic carbocycles. The maximum absolute atomic E-state index is 12.6. The molecule has 0 aliphatic heterocycles. The van der Waals surface area contributed by atoms with Gasteiger partial charge in [0.15, 0.2) is 5.82 Å². The number of methoxy groups -OCH3 is 1. The lowest BCUT2D eigenvalue weighted by Gasteiger charge is -2.10. The molecule has 4 rings (SSSR count). The van der Waals surface area contributed by atoms with Gasteiger partial charge in [0, 0.05) is 16.8 Å². The summed E-state index contributed by atoms with van der Waals surface area (Å²) in [4.78, 5) is 17.2. The summed E-state index contributed by atoms with van der Waals surface area (Å²) >= 11 is 0. The third kappa shape index (κ3) is 5.03. The predicted octanol–water partition coefficient (Wildman–Crippen LogP) is 5.29. The van der Waals surface area contributed by atoms with E-state index in [1.807, 2.05) is 69.3 Å². The van der Waals surface area contributed by atoms with E-state index >= 15 is 0 Å². The monoisotopic (exact) mass is 442 g/mol. The topological polar surface area (TPSA) is 78.3 Å². The van der Waals surface area contributed by atoms with Gasteiger partial charge in [-0.15, -0.1) is 5.10 Å². The number of amides is 1. The average Bonchev–Trinajstić information content (AvgIpc) is 3.22. The molecule has 1 aromatic heterocycles. The van der Waals surface area contributed by atoms with Crippen LogP contribution < -0.4 is 14.8 Å². The van der Waals surface area contributed by atoms with Crippen molar-refractivity contribution in [2.24, 2.45) is 0 Å². The van der Waals surface area contributed by atoms with Crippen LogP contribution in [0.4, 0.5) is 5.69 Å². The summed E-state index contributed by atoms with van der Waals surface area (Å²) in [6.07, 6.45) is -0.0419. The van der Waals surface area contributed by atoms with Gasteiger partial charge in [-0.1, -0.05) is 30.3 Å². The molecule has 1 heterocycles. The number of carbonyl (C=O) groups is 1. The average molecular weight is 443 g/mol. The van der Waals surface area contributed by atoms with Crippen LogP contribution in [-0.2, 0) is 0 Å². The van der Waals surface area contributed by atoms with Crippen LogP contribution in [0.15, 0.2) is 72.8 Å². The van der Waals surface area contributed by atoms with Gasteiger partial charge in [0.1, 0.15) is 5.75 Å². The van der Waals surface area contributed by atoms with Gasteiger partial charge in [0.2, 0.25) is 0 Å². The van der Waals surface area contributed by atoms with Crippen LogP contribution >= 0.6 is 0 Å². The van der Waals surface area contributed by atoms with Gasteiger partial charge in [0.05, 0.1) is 18.9 Å². The molecular formula is C26H26N4O3. The lowest BCUT2D eigenvalue weighted by atomic mass is 10.1. The van der Waals surface area contributed by atoms with Crippen LogP contribution in [0.1, 0.15) is 29.8 Å². The Morgan fingerprint density at radius 3 is 2.45 bits per heavy atom. The van der Waals surface area contributed by atoms with Crippen LogP contribution in [0.2, 0.25) is 0 Å². The van der Waals surface area contributed by atoms with Gasteiger partial charge >= 0.3 is 6.01 Å². The van der Waals surface area contributed by atoms with Crippen molar-refractivity contribution in [1.82, 2.24) is 14.8 Å². The quantitative estimate of drug-likeness (QED) is 0.421. The Morgan fingerprint density at radius 2 is 1.76 bits per heavy atom. The molecule has 168 valence electrons. The third-order valence-corrected chi connectivity index (χ3v) is 5.02. The van der Waals surface area contributed by atoms with Gasteiger partial charge in [-0.25, -0.2) is 4.68 Å². The van der Waals surface area contributed by atoms with Crippen molar-refractivity contribution < 1.29 is 14.3 Å². The highest BCUT2D eigenvalue weighted by molar-refractivity contribution is 6.04. The predicted molar refractivity (Wildman–Crippen MR) is 128 cm³/mol. The van der Waals surface area contributed by atoms with Gasteiger partial charge in [0.25, 0.3) is 5.91 Å². The lowest BCUT2D eigenvalue weighted by molar-refractivity contribution is 0.102. The highest BCUT2D eigenvalue weighted by atomic mass is 16.5. The number of nitrogens with one attached hydrogen (secondary N) is 1. The van der Waals surface area contributed by atoms with E-state index in [1.165, 1.54) is 0 Å². The normalized spacial score (nSPS) is 10.8. The van der Waals surface area contributed by atoms with Crippen LogP contribution in [-0.4, -0.2) is 33.9 Å². The third-order valence-electron chi connectivity index (χ3n) is 5.02. The van der Waals surface area contributed by atoms with Crippen molar-refractivity contribution >= 4 is 11.6 Å². The molecule has 0 spiro atoms. The van der Waals surface area contributed by atoms with Crippen molar-refractivity contribution in [3.63, 3.8) is 0 Å². The number of anilines is 1. The molecule has 0 bridgehead atoms. The molecule has 33 heavy (non-hydrogen) atoms. The number of aryl methyl sites for hydroxylation is 1. The molecule has 7 heteroatoms. The number of benzene rings is 3. The summed E-state index contributed by atoms with van der Waals surface area (Å²) in [5.74, 6) is 1.11. The standard InChI is InChI=1S/C26H26N4O3/c1-17(2)33-26-28-24(23-11-6-5-8-18(23)3)30(29-26)21-14-12-20(13-15-21)27-25(31)19-9-7-10-22(16-19)32-4/h5-17H,1-4H3,(H,27,31). The lowest BCUT2D eigenvalue weighted by Crippen LogP contribution is -2.12. The van der Waals surface area contributed by atoms with E-state index < -0.39 is 0 Å². The first-order valence-corrected chi connectivity index (χ1v) is 10.7. The molecule has 3 aromatic carbocycles. The summed E-state index contributed by atoms with van der Waals surface area (Å²) < 4.78 is 12.7. The van der Waals surface area contributed by atoms with E-state index in [2.05, 4.69) is 15.4 Å². The summed E-state index contributed by atoms with van der Waals surface area (Å²) in [7, 11) is 1.57. The summed E-state index contributed by atoms with van der Waals surface area (Å²) in [5, 5.41) is 7.49. The number of ether oxygens (including phenoxy) is 2. The minimum atomic E-state index is -0.212. The zero-order valence-corrected chi connectivity index (χ0v) is 19.1. The summed E-state index contributed by atoms with van der Waals surface area (Å²) in [6, 6.07) is 22.8. The van der Waals surface area contributed by atoms with Gasteiger partial charge < -0.3 is 14.8 Å². The van der Waals surface area contributed by atoms with Crippen LogP contribution in [0.3, 0.4) is 0 Å². The van der Waals surface area contributed by atoms with E-state index in [-0.39, 0.29) is 12.0 Å². The molecule has 1 amide bonds. The molecule has 0 saturated heterocycles. The zero-order chi connectivity index (χ0) is 23.4. The Morgan fingerprint density at radius 1 is 1.00 bits per heavy atom. The fourth-order valence-corrected chi connectivity index (χ4v) is 3.39. The highest BCUT2D eigenvalue weighted by Gasteiger charge is 2.17. The Balaban J connectivity index is 1.62. The minimum absolute atomic E-state index is 0.0419. The summed E-state index contributed by atoms with van der Waals surface area (Å²) in [5.41, 5.74) is 4.05. The SMILES string of the molecule is COc1cccc(C(=O)Nc2ccc(-n3nc(OC(C)C)nc3-c3ccccc3C)cc2)c1. The van der Waals surface area contributed by atoms with E-state index in [0.29, 0.717) is 28.8 Å². The molecule has 1 N–H and O–H groups in total. The molecule has 0 fully saturated rings. The molecular weight excluding hydrogens is 416 g/mol.